The molecule has 0 saturated heterocycles. The predicted octanol–water partition coefficient (Wildman–Crippen LogP) is 3.50. The fourth-order valence-corrected chi connectivity index (χ4v) is 1.97. The summed E-state index contributed by atoms with van der Waals surface area (Å²) in [6.07, 6.45) is 0.770. The molecule has 0 aliphatic heterocycles. The number of carbonyl (C=O) groups is 2. The molecule has 4 nitrogen and oxygen atoms in total. The number of thioether (sulfide) groups is 1. The first-order valence-electron chi connectivity index (χ1n) is 5.79. The van der Waals surface area contributed by atoms with Crippen LogP contribution in [0.15, 0.2) is 29.2 Å². The molecule has 0 radical (unpaired) electrons. The van der Waals surface area contributed by atoms with Crippen LogP contribution in [-0.4, -0.2) is 24.5 Å². The summed E-state index contributed by atoms with van der Waals surface area (Å²) in [4.78, 5) is 23.7. The number of ether oxygens (including phenoxy) is 2. The maximum atomic E-state index is 11.7. The van der Waals surface area contributed by atoms with E-state index in [0.29, 0.717) is 23.7 Å². The van der Waals surface area contributed by atoms with Gasteiger partial charge in [0.15, 0.2) is 0 Å². The lowest BCUT2D eigenvalue weighted by molar-refractivity contribution is 0.0522. The van der Waals surface area contributed by atoms with Crippen LogP contribution in [0.4, 0.5) is 4.79 Å². The zero-order chi connectivity index (χ0) is 13.4. The normalized spacial score (nSPS) is 9.89. The molecule has 0 N–H and O–H groups in total. The van der Waals surface area contributed by atoms with Crippen LogP contribution in [-0.2, 0) is 9.47 Å². The summed E-state index contributed by atoms with van der Waals surface area (Å²) < 4.78 is 9.89. The van der Waals surface area contributed by atoms with Gasteiger partial charge in [0.1, 0.15) is 0 Å². The molecule has 0 aromatic heterocycles. The summed E-state index contributed by atoms with van der Waals surface area (Å²) in [5.41, 5.74) is 0.387. The van der Waals surface area contributed by atoms with E-state index in [1.807, 2.05) is 6.92 Å². The molecule has 0 heterocycles. The third kappa shape index (κ3) is 4.41. The molecule has 1 rings (SSSR count). The predicted molar refractivity (Wildman–Crippen MR) is 69.9 cm³/mol. The van der Waals surface area contributed by atoms with Crippen molar-refractivity contribution >= 4 is 23.0 Å². The Hall–Kier alpha value is -1.49. The molecule has 0 unspecified atom stereocenters. The molecule has 0 fully saturated rings. The molecular formula is C13H16O4S. The summed E-state index contributed by atoms with van der Waals surface area (Å²) in [6.45, 7) is 4.35. The molecule has 0 aliphatic carbocycles. The van der Waals surface area contributed by atoms with Gasteiger partial charge in [0, 0.05) is 4.90 Å². The van der Waals surface area contributed by atoms with Gasteiger partial charge in [0.05, 0.1) is 18.8 Å². The second-order valence-electron chi connectivity index (χ2n) is 3.42. The van der Waals surface area contributed by atoms with Crippen LogP contribution in [0.1, 0.15) is 30.6 Å². The zero-order valence-corrected chi connectivity index (χ0v) is 11.3. The summed E-state index contributed by atoms with van der Waals surface area (Å²) in [7, 11) is 0. The summed E-state index contributed by atoms with van der Waals surface area (Å²) in [5, 5.41) is -0.409. The Labute approximate surface area is 111 Å². The largest absolute Gasteiger partial charge is 0.462 e. The van der Waals surface area contributed by atoms with Crippen LogP contribution in [0, 0.1) is 0 Å². The van der Waals surface area contributed by atoms with E-state index in [9.17, 15) is 9.59 Å². The molecule has 0 saturated carbocycles. The smallest absolute Gasteiger partial charge is 0.372 e. The molecule has 0 spiro atoms. The van der Waals surface area contributed by atoms with Gasteiger partial charge < -0.3 is 9.47 Å². The summed E-state index contributed by atoms with van der Waals surface area (Å²) in [5.74, 6) is -0.427. The minimum atomic E-state index is -0.427. The zero-order valence-electron chi connectivity index (χ0n) is 10.5. The van der Waals surface area contributed by atoms with Gasteiger partial charge in [0.25, 0.3) is 0 Å². The van der Waals surface area contributed by atoms with Crippen molar-refractivity contribution in [2.45, 2.75) is 25.2 Å². The second kappa shape index (κ2) is 7.76. The Morgan fingerprint density at radius 2 is 1.89 bits per heavy atom. The molecule has 98 valence electrons. The number of carbonyl (C=O) groups excluding carboxylic acids is 2. The average molecular weight is 268 g/mol. The van der Waals surface area contributed by atoms with Gasteiger partial charge in [-0.15, -0.1) is 0 Å². The van der Waals surface area contributed by atoms with Crippen LogP contribution in [0.2, 0.25) is 0 Å². The van der Waals surface area contributed by atoms with E-state index < -0.39 is 11.3 Å². The highest BCUT2D eigenvalue weighted by molar-refractivity contribution is 8.13. The van der Waals surface area contributed by atoms with Gasteiger partial charge in [-0.3, -0.25) is 0 Å². The first kappa shape index (κ1) is 14.6. The van der Waals surface area contributed by atoms with Crippen molar-refractivity contribution in [1.29, 1.82) is 0 Å². The van der Waals surface area contributed by atoms with Crippen LogP contribution in [0.25, 0.3) is 0 Å². The first-order chi connectivity index (χ1) is 8.69. The minimum Gasteiger partial charge on any atom is -0.462 e. The lowest BCUT2D eigenvalue weighted by Crippen LogP contribution is -2.07. The highest BCUT2D eigenvalue weighted by atomic mass is 32.2. The Morgan fingerprint density at radius 1 is 1.17 bits per heavy atom. The van der Waals surface area contributed by atoms with Gasteiger partial charge in [-0.05, 0) is 37.2 Å². The number of benzene rings is 1. The maximum absolute atomic E-state index is 11.7. The molecule has 1 aromatic rings. The highest BCUT2D eigenvalue weighted by Crippen LogP contribution is 2.25. The SMILES string of the molecule is CCCOC(=O)Sc1ccccc1C(=O)OCC. The van der Waals surface area contributed by atoms with Gasteiger partial charge in [0.2, 0.25) is 0 Å². The maximum Gasteiger partial charge on any atom is 0.372 e. The molecule has 18 heavy (non-hydrogen) atoms. The Kier molecular flexibility index (Phi) is 6.28. The van der Waals surface area contributed by atoms with Gasteiger partial charge in [-0.25, -0.2) is 9.59 Å². The third-order valence-electron chi connectivity index (χ3n) is 2.00. The third-order valence-corrected chi connectivity index (χ3v) is 2.86. The lowest BCUT2D eigenvalue weighted by atomic mass is 10.2. The van der Waals surface area contributed by atoms with Crippen molar-refractivity contribution in [3.8, 4) is 0 Å². The van der Waals surface area contributed by atoms with E-state index in [1.54, 1.807) is 31.2 Å². The van der Waals surface area contributed by atoms with Crippen LogP contribution < -0.4 is 0 Å². The standard InChI is InChI=1S/C13H16O4S/c1-3-9-17-13(15)18-11-8-6-5-7-10(11)12(14)16-4-2/h5-8H,3-4,9H2,1-2H3. The van der Waals surface area contributed by atoms with E-state index in [0.717, 1.165) is 18.2 Å². The molecule has 0 aliphatic rings. The first-order valence-corrected chi connectivity index (χ1v) is 6.61. The topological polar surface area (TPSA) is 52.6 Å². The highest BCUT2D eigenvalue weighted by Gasteiger charge is 2.15. The van der Waals surface area contributed by atoms with E-state index >= 15 is 0 Å². The molecule has 0 bridgehead atoms. The monoisotopic (exact) mass is 268 g/mol. The van der Waals surface area contributed by atoms with Crippen LogP contribution in [0.5, 0.6) is 0 Å². The van der Waals surface area contributed by atoms with Gasteiger partial charge >= 0.3 is 11.3 Å². The molecule has 0 amide bonds. The Morgan fingerprint density at radius 3 is 2.56 bits per heavy atom. The molecular weight excluding hydrogens is 252 g/mol. The number of rotatable bonds is 5. The number of hydrogen-bond acceptors (Lipinski definition) is 5. The van der Waals surface area contributed by atoms with E-state index in [2.05, 4.69) is 0 Å². The van der Waals surface area contributed by atoms with Crippen molar-refractivity contribution < 1.29 is 19.1 Å². The molecule has 1 aromatic carbocycles. The second-order valence-corrected chi connectivity index (χ2v) is 4.39. The molecule has 5 heteroatoms. The fraction of sp³-hybridized carbons (Fsp3) is 0.385. The Bertz CT molecular complexity index is 417. The van der Waals surface area contributed by atoms with Crippen LogP contribution in [0.3, 0.4) is 0 Å². The van der Waals surface area contributed by atoms with E-state index in [4.69, 9.17) is 9.47 Å². The number of esters is 1. The van der Waals surface area contributed by atoms with Gasteiger partial charge in [-0.2, -0.15) is 0 Å². The average Bonchev–Trinajstić information content (AvgIpc) is 2.37. The van der Waals surface area contributed by atoms with Gasteiger partial charge in [-0.1, -0.05) is 19.1 Å². The van der Waals surface area contributed by atoms with Crippen molar-refractivity contribution in [3.05, 3.63) is 29.8 Å². The Balaban J connectivity index is 2.76. The van der Waals surface area contributed by atoms with Crippen molar-refractivity contribution in [3.63, 3.8) is 0 Å². The number of hydrogen-bond donors (Lipinski definition) is 0. The van der Waals surface area contributed by atoms with Crippen molar-refractivity contribution in [2.24, 2.45) is 0 Å². The fourth-order valence-electron chi connectivity index (χ4n) is 1.24. The van der Waals surface area contributed by atoms with Crippen LogP contribution >= 0.6 is 11.8 Å². The van der Waals surface area contributed by atoms with E-state index in [1.165, 1.54) is 0 Å². The quantitative estimate of drug-likeness (QED) is 0.604. The summed E-state index contributed by atoms with van der Waals surface area (Å²) in [6, 6.07) is 6.82. The molecule has 0 atom stereocenters. The lowest BCUT2D eigenvalue weighted by Gasteiger charge is -2.07. The van der Waals surface area contributed by atoms with Crippen molar-refractivity contribution in [2.75, 3.05) is 13.2 Å². The summed E-state index contributed by atoms with van der Waals surface area (Å²) >= 11 is 0.902. The van der Waals surface area contributed by atoms with E-state index in [-0.39, 0.29) is 0 Å². The van der Waals surface area contributed by atoms with Crippen molar-refractivity contribution in [1.82, 2.24) is 0 Å². The minimum absolute atomic E-state index is 0.304.